The Morgan fingerprint density at radius 2 is 1.53 bits per heavy atom. The first-order valence-corrected chi connectivity index (χ1v) is 11.2. The maximum absolute atomic E-state index is 12.5. The van der Waals surface area contributed by atoms with Crippen LogP contribution in [0.1, 0.15) is 31.1 Å². The zero-order chi connectivity index (χ0) is 22.1. The molecular formula is C21H27N3O5S. The number of likely N-dealkylation sites (N-methyl/N-ethyl adjacent to an activating group) is 1. The molecule has 0 heterocycles. The molecule has 9 heteroatoms. The van der Waals surface area contributed by atoms with Gasteiger partial charge in [-0.3, -0.25) is 9.59 Å². The number of hydrogen-bond donors (Lipinski definition) is 2. The van der Waals surface area contributed by atoms with Crippen molar-refractivity contribution in [2.75, 3.05) is 31.6 Å². The van der Waals surface area contributed by atoms with Crippen LogP contribution in [0.25, 0.3) is 0 Å². The van der Waals surface area contributed by atoms with Gasteiger partial charge in [-0.25, -0.2) is 8.42 Å². The predicted octanol–water partition coefficient (Wildman–Crippen LogP) is 2.48. The number of rotatable bonds is 10. The molecule has 0 radical (unpaired) electrons. The van der Waals surface area contributed by atoms with Crippen LogP contribution in [-0.4, -0.2) is 50.8 Å². The van der Waals surface area contributed by atoms with Gasteiger partial charge in [-0.2, -0.15) is 4.31 Å². The number of anilines is 1. The van der Waals surface area contributed by atoms with Crippen LogP contribution < -0.4 is 15.4 Å². The van der Waals surface area contributed by atoms with Crippen molar-refractivity contribution in [2.24, 2.45) is 0 Å². The molecule has 0 atom stereocenters. The minimum atomic E-state index is -3.56. The Morgan fingerprint density at radius 1 is 0.933 bits per heavy atom. The number of nitrogens with one attached hydrogen (secondary N) is 2. The lowest BCUT2D eigenvalue weighted by Gasteiger charge is -2.18. The summed E-state index contributed by atoms with van der Waals surface area (Å²) >= 11 is 0. The first kappa shape index (κ1) is 23.4. The Labute approximate surface area is 177 Å². The highest BCUT2D eigenvalue weighted by atomic mass is 32.2. The lowest BCUT2D eigenvalue weighted by atomic mass is 10.2. The van der Waals surface area contributed by atoms with Crippen LogP contribution in [0.3, 0.4) is 0 Å². The normalized spacial score (nSPS) is 11.2. The van der Waals surface area contributed by atoms with Crippen LogP contribution in [0, 0.1) is 0 Å². The largest absolute Gasteiger partial charge is 0.484 e. The van der Waals surface area contributed by atoms with Crippen molar-refractivity contribution in [1.82, 2.24) is 9.62 Å². The monoisotopic (exact) mass is 433 g/mol. The topological polar surface area (TPSA) is 105 Å². The van der Waals surface area contributed by atoms with Gasteiger partial charge >= 0.3 is 0 Å². The molecule has 2 aromatic rings. The van der Waals surface area contributed by atoms with E-state index in [1.165, 1.54) is 28.6 Å². The first-order valence-electron chi connectivity index (χ1n) is 9.72. The van der Waals surface area contributed by atoms with Gasteiger partial charge in [-0.05, 0) is 55.5 Å². The summed E-state index contributed by atoms with van der Waals surface area (Å²) in [5.41, 5.74) is 0.884. The fraction of sp³-hybridized carbons (Fsp3) is 0.333. The van der Waals surface area contributed by atoms with Crippen LogP contribution in [-0.2, 0) is 14.8 Å². The van der Waals surface area contributed by atoms with Crippen molar-refractivity contribution in [3.63, 3.8) is 0 Å². The van der Waals surface area contributed by atoms with Crippen LogP contribution in [0.15, 0.2) is 53.4 Å². The molecule has 0 aliphatic heterocycles. The summed E-state index contributed by atoms with van der Waals surface area (Å²) in [6, 6.07) is 12.4. The molecule has 2 aromatic carbocycles. The lowest BCUT2D eigenvalue weighted by Crippen LogP contribution is -2.30. The highest BCUT2D eigenvalue weighted by Crippen LogP contribution is 2.19. The van der Waals surface area contributed by atoms with Crippen LogP contribution in [0.5, 0.6) is 5.75 Å². The number of amides is 2. The molecule has 0 unspecified atom stereocenters. The SMILES string of the molecule is CCNC(=O)COc1ccc(NC(=O)c2ccc(S(=O)(=O)N(CC)CC)cc2)cc1. The summed E-state index contributed by atoms with van der Waals surface area (Å²) in [6.07, 6.45) is 0. The van der Waals surface area contributed by atoms with Crippen molar-refractivity contribution >= 4 is 27.5 Å². The van der Waals surface area contributed by atoms with Gasteiger partial charge in [0, 0.05) is 30.9 Å². The third kappa shape index (κ3) is 6.04. The zero-order valence-electron chi connectivity index (χ0n) is 17.3. The number of carbonyl (C=O) groups is 2. The first-order chi connectivity index (χ1) is 14.3. The molecule has 0 aliphatic rings. The summed E-state index contributed by atoms with van der Waals surface area (Å²) in [7, 11) is -3.56. The van der Waals surface area contributed by atoms with Gasteiger partial charge < -0.3 is 15.4 Å². The second-order valence-electron chi connectivity index (χ2n) is 6.33. The van der Waals surface area contributed by atoms with Gasteiger partial charge in [0.05, 0.1) is 4.90 Å². The van der Waals surface area contributed by atoms with Crippen molar-refractivity contribution in [3.05, 3.63) is 54.1 Å². The molecule has 0 saturated carbocycles. The molecule has 2 amide bonds. The second kappa shape index (κ2) is 10.7. The summed E-state index contributed by atoms with van der Waals surface area (Å²) in [5, 5.41) is 5.38. The minimum absolute atomic E-state index is 0.0811. The molecular weight excluding hydrogens is 406 g/mol. The lowest BCUT2D eigenvalue weighted by molar-refractivity contribution is -0.122. The number of carbonyl (C=O) groups excluding carboxylic acids is 2. The van der Waals surface area contributed by atoms with Crippen molar-refractivity contribution < 1.29 is 22.7 Å². The fourth-order valence-electron chi connectivity index (χ4n) is 2.73. The standard InChI is InChI=1S/C21H27N3O5S/c1-4-22-20(25)15-29-18-11-9-17(10-12-18)23-21(26)16-7-13-19(14-8-16)30(27,28)24(5-2)6-3/h7-14H,4-6,15H2,1-3H3,(H,22,25)(H,23,26). The van der Waals surface area contributed by atoms with Crippen LogP contribution >= 0.6 is 0 Å². The van der Waals surface area contributed by atoms with E-state index in [2.05, 4.69) is 10.6 Å². The van der Waals surface area contributed by atoms with Gasteiger partial charge in [0.25, 0.3) is 11.8 Å². The smallest absolute Gasteiger partial charge is 0.257 e. The molecule has 30 heavy (non-hydrogen) atoms. The summed E-state index contributed by atoms with van der Waals surface area (Å²) < 4.78 is 31.8. The van der Waals surface area contributed by atoms with E-state index in [1.54, 1.807) is 38.1 Å². The molecule has 162 valence electrons. The van der Waals surface area contributed by atoms with Gasteiger partial charge in [0.2, 0.25) is 10.0 Å². The van der Waals surface area contributed by atoms with Gasteiger partial charge in [-0.15, -0.1) is 0 Å². The Morgan fingerprint density at radius 3 is 2.07 bits per heavy atom. The number of ether oxygens (including phenoxy) is 1. The highest BCUT2D eigenvalue weighted by molar-refractivity contribution is 7.89. The van der Waals surface area contributed by atoms with Gasteiger partial charge in [-0.1, -0.05) is 13.8 Å². The zero-order valence-corrected chi connectivity index (χ0v) is 18.2. The van der Waals surface area contributed by atoms with E-state index in [0.717, 1.165) is 0 Å². The number of hydrogen-bond acceptors (Lipinski definition) is 5. The van der Waals surface area contributed by atoms with E-state index in [9.17, 15) is 18.0 Å². The Balaban J connectivity index is 2.00. The van der Waals surface area contributed by atoms with E-state index in [4.69, 9.17) is 4.74 Å². The average Bonchev–Trinajstić information content (AvgIpc) is 2.74. The molecule has 0 aromatic heterocycles. The Bertz CT molecular complexity index is 953. The van der Waals surface area contributed by atoms with Gasteiger partial charge in [0.15, 0.2) is 6.61 Å². The fourth-order valence-corrected chi connectivity index (χ4v) is 4.18. The predicted molar refractivity (Wildman–Crippen MR) is 115 cm³/mol. The number of nitrogens with zero attached hydrogens (tertiary/aromatic N) is 1. The van der Waals surface area contributed by atoms with Crippen molar-refractivity contribution in [3.8, 4) is 5.75 Å². The van der Waals surface area contributed by atoms with E-state index in [0.29, 0.717) is 36.6 Å². The quantitative estimate of drug-likeness (QED) is 0.599. The maximum Gasteiger partial charge on any atom is 0.257 e. The van der Waals surface area contributed by atoms with E-state index in [-0.39, 0.29) is 23.3 Å². The molecule has 0 saturated heterocycles. The summed E-state index contributed by atoms with van der Waals surface area (Å²) in [5.74, 6) is -0.0654. The van der Waals surface area contributed by atoms with E-state index >= 15 is 0 Å². The van der Waals surface area contributed by atoms with E-state index in [1.807, 2.05) is 6.92 Å². The van der Waals surface area contributed by atoms with E-state index < -0.39 is 10.0 Å². The van der Waals surface area contributed by atoms with Crippen molar-refractivity contribution in [2.45, 2.75) is 25.7 Å². The second-order valence-corrected chi connectivity index (χ2v) is 8.27. The molecule has 2 rings (SSSR count). The summed E-state index contributed by atoms with van der Waals surface area (Å²) in [4.78, 5) is 24.0. The molecule has 0 aliphatic carbocycles. The van der Waals surface area contributed by atoms with Crippen molar-refractivity contribution in [1.29, 1.82) is 0 Å². The third-order valence-corrected chi connectivity index (χ3v) is 6.38. The molecule has 8 nitrogen and oxygen atoms in total. The maximum atomic E-state index is 12.5. The van der Waals surface area contributed by atoms with Crippen LogP contribution in [0.2, 0.25) is 0 Å². The molecule has 0 fully saturated rings. The average molecular weight is 434 g/mol. The minimum Gasteiger partial charge on any atom is -0.484 e. The summed E-state index contributed by atoms with van der Waals surface area (Å²) in [6.45, 7) is 6.59. The Hall–Kier alpha value is -2.91. The molecule has 2 N–H and O–H groups in total. The van der Waals surface area contributed by atoms with Crippen LogP contribution in [0.4, 0.5) is 5.69 Å². The third-order valence-electron chi connectivity index (χ3n) is 4.32. The molecule has 0 spiro atoms. The number of benzene rings is 2. The van der Waals surface area contributed by atoms with Gasteiger partial charge in [0.1, 0.15) is 5.75 Å². The Kier molecular flexibility index (Phi) is 8.37. The highest BCUT2D eigenvalue weighted by Gasteiger charge is 2.21. The number of sulfonamides is 1. The molecule has 0 bridgehead atoms.